The highest BCUT2D eigenvalue weighted by Gasteiger charge is 2.33. The van der Waals surface area contributed by atoms with Gasteiger partial charge in [-0.1, -0.05) is 13.8 Å². The third-order valence-electron chi connectivity index (χ3n) is 4.00. The number of aryl methyl sites for hydroxylation is 1. The lowest BCUT2D eigenvalue weighted by molar-refractivity contribution is -0.0874. The van der Waals surface area contributed by atoms with E-state index in [1.54, 1.807) is 11.3 Å². The number of hydrogen-bond donors (Lipinski definition) is 1. The fourth-order valence-corrected chi connectivity index (χ4v) is 3.20. The number of ether oxygens (including phenoxy) is 1. The number of hydrogen-bond acceptors (Lipinski definition) is 4. The summed E-state index contributed by atoms with van der Waals surface area (Å²) >= 11 is 1.66. The zero-order valence-corrected chi connectivity index (χ0v) is 14.1. The van der Waals surface area contributed by atoms with Crippen molar-refractivity contribution < 1.29 is 9.53 Å². The van der Waals surface area contributed by atoms with Gasteiger partial charge in [0.15, 0.2) is 0 Å². The second kappa shape index (κ2) is 6.75. The molecule has 0 spiro atoms. The van der Waals surface area contributed by atoms with Crippen molar-refractivity contribution >= 4 is 17.4 Å². The van der Waals surface area contributed by atoms with E-state index in [9.17, 15) is 4.79 Å². The maximum atomic E-state index is 12.4. The zero-order chi connectivity index (χ0) is 15.5. The minimum Gasteiger partial charge on any atom is -0.372 e. The smallest absolute Gasteiger partial charge is 0.318 e. The molecule has 0 aromatic carbocycles. The maximum absolute atomic E-state index is 12.4. The van der Waals surface area contributed by atoms with Crippen LogP contribution in [0.15, 0.2) is 6.20 Å². The lowest BCUT2D eigenvalue weighted by atomic mass is 10.0. The van der Waals surface area contributed by atoms with Crippen LogP contribution in [-0.4, -0.2) is 41.2 Å². The minimum atomic E-state index is -0.227. The van der Waals surface area contributed by atoms with Gasteiger partial charge in [-0.2, -0.15) is 0 Å². The van der Waals surface area contributed by atoms with Gasteiger partial charge in [-0.25, -0.2) is 9.78 Å². The Bertz CT molecular complexity index is 491. The summed E-state index contributed by atoms with van der Waals surface area (Å²) in [6.07, 6.45) is 3.78. The lowest BCUT2D eigenvalue weighted by Gasteiger charge is -2.40. The van der Waals surface area contributed by atoms with E-state index in [1.807, 2.05) is 18.0 Å². The van der Waals surface area contributed by atoms with Crippen LogP contribution in [0.3, 0.4) is 0 Å². The number of carbonyl (C=O) groups excluding carboxylic acids is 1. The fourth-order valence-electron chi connectivity index (χ4n) is 2.34. The van der Waals surface area contributed by atoms with Gasteiger partial charge in [-0.15, -0.1) is 11.3 Å². The Hall–Kier alpha value is -1.14. The number of nitrogens with zero attached hydrogens (tertiary/aromatic N) is 2. The second-order valence-corrected chi connectivity index (χ2v) is 6.91. The van der Waals surface area contributed by atoms with Crippen LogP contribution in [0.25, 0.3) is 0 Å². The van der Waals surface area contributed by atoms with Crippen molar-refractivity contribution in [2.45, 2.75) is 52.2 Å². The standard InChI is InChI=1S/C15H25N3O2S/c1-5-12-9-16-13(21-12)11(3)17-14(19)18-7-8-20-15(4,6-2)10-18/h9,11H,5-8,10H2,1-4H3,(H,17,19)/t11-,15-/m1/s1. The molecule has 2 atom stereocenters. The molecule has 1 aromatic heterocycles. The van der Waals surface area contributed by atoms with Gasteiger partial charge in [0.05, 0.1) is 24.8 Å². The van der Waals surface area contributed by atoms with Crippen LogP contribution in [-0.2, 0) is 11.2 Å². The summed E-state index contributed by atoms with van der Waals surface area (Å²) in [7, 11) is 0. The third-order valence-corrected chi connectivity index (χ3v) is 5.33. The van der Waals surface area contributed by atoms with Crippen molar-refractivity contribution in [3.63, 3.8) is 0 Å². The van der Waals surface area contributed by atoms with E-state index in [1.165, 1.54) is 4.88 Å². The quantitative estimate of drug-likeness (QED) is 0.930. The maximum Gasteiger partial charge on any atom is 0.318 e. The summed E-state index contributed by atoms with van der Waals surface area (Å²) in [4.78, 5) is 19.9. The number of rotatable bonds is 4. The van der Waals surface area contributed by atoms with Crippen molar-refractivity contribution in [3.05, 3.63) is 16.1 Å². The first kappa shape index (κ1) is 16.2. The molecule has 0 aliphatic carbocycles. The number of thiazole rings is 1. The van der Waals surface area contributed by atoms with E-state index in [0.717, 1.165) is 17.8 Å². The van der Waals surface area contributed by atoms with Gasteiger partial charge in [0.25, 0.3) is 0 Å². The topological polar surface area (TPSA) is 54.5 Å². The molecule has 0 saturated carbocycles. The Kier molecular flexibility index (Phi) is 5.22. The average molecular weight is 311 g/mol. The molecule has 2 rings (SSSR count). The molecule has 0 radical (unpaired) electrons. The monoisotopic (exact) mass is 311 g/mol. The molecule has 118 valence electrons. The molecule has 2 amide bonds. The SMILES string of the molecule is CCc1cnc([C@@H](C)NC(=O)N2CCO[C@](C)(CC)C2)s1. The Labute approximate surface area is 130 Å². The van der Waals surface area contributed by atoms with E-state index < -0.39 is 0 Å². The minimum absolute atomic E-state index is 0.0290. The van der Waals surface area contributed by atoms with E-state index in [-0.39, 0.29) is 17.7 Å². The van der Waals surface area contributed by atoms with Crippen molar-refractivity contribution in [1.82, 2.24) is 15.2 Å². The molecule has 1 saturated heterocycles. The molecule has 1 aliphatic rings. The van der Waals surface area contributed by atoms with E-state index in [2.05, 4.69) is 31.1 Å². The fraction of sp³-hybridized carbons (Fsp3) is 0.733. The van der Waals surface area contributed by atoms with E-state index in [4.69, 9.17) is 4.74 Å². The first-order chi connectivity index (χ1) is 9.97. The number of aromatic nitrogens is 1. The van der Waals surface area contributed by atoms with E-state index in [0.29, 0.717) is 19.7 Å². The molecule has 1 aromatic rings. The molecular weight excluding hydrogens is 286 g/mol. The molecule has 0 bridgehead atoms. The van der Waals surface area contributed by atoms with Gasteiger partial charge in [-0.05, 0) is 26.7 Å². The molecule has 6 heteroatoms. The summed E-state index contributed by atoms with van der Waals surface area (Å²) in [5.41, 5.74) is -0.227. The number of morpholine rings is 1. The van der Waals surface area contributed by atoms with Crippen LogP contribution < -0.4 is 5.32 Å². The van der Waals surface area contributed by atoms with Gasteiger partial charge in [0.2, 0.25) is 0 Å². The van der Waals surface area contributed by atoms with Gasteiger partial charge in [0, 0.05) is 17.6 Å². The molecule has 1 aliphatic heterocycles. The molecule has 5 nitrogen and oxygen atoms in total. The van der Waals surface area contributed by atoms with Crippen molar-refractivity contribution in [2.75, 3.05) is 19.7 Å². The van der Waals surface area contributed by atoms with Gasteiger partial charge < -0.3 is 15.0 Å². The highest BCUT2D eigenvalue weighted by atomic mass is 32.1. The second-order valence-electron chi connectivity index (χ2n) is 5.76. The first-order valence-electron chi connectivity index (χ1n) is 7.61. The predicted molar refractivity (Wildman–Crippen MR) is 84.7 cm³/mol. The van der Waals surface area contributed by atoms with Crippen LogP contribution in [0.5, 0.6) is 0 Å². The van der Waals surface area contributed by atoms with Gasteiger partial charge >= 0.3 is 6.03 Å². The number of urea groups is 1. The Balaban J connectivity index is 1.94. The molecule has 0 unspecified atom stereocenters. The highest BCUT2D eigenvalue weighted by molar-refractivity contribution is 7.11. The lowest BCUT2D eigenvalue weighted by Crippen LogP contribution is -2.54. The summed E-state index contributed by atoms with van der Waals surface area (Å²) in [5, 5.41) is 4.01. The summed E-state index contributed by atoms with van der Waals surface area (Å²) in [5.74, 6) is 0. The van der Waals surface area contributed by atoms with E-state index >= 15 is 0 Å². The van der Waals surface area contributed by atoms with Crippen LogP contribution in [0, 0.1) is 0 Å². The van der Waals surface area contributed by atoms with Crippen molar-refractivity contribution in [2.24, 2.45) is 0 Å². The Morgan fingerprint density at radius 1 is 1.62 bits per heavy atom. The summed E-state index contributed by atoms with van der Waals surface area (Å²) in [6.45, 7) is 10.1. The largest absolute Gasteiger partial charge is 0.372 e. The average Bonchev–Trinajstić information content (AvgIpc) is 2.96. The number of amides is 2. The van der Waals surface area contributed by atoms with Crippen LogP contribution in [0.2, 0.25) is 0 Å². The van der Waals surface area contributed by atoms with Gasteiger partial charge in [-0.3, -0.25) is 0 Å². The van der Waals surface area contributed by atoms with Crippen molar-refractivity contribution in [3.8, 4) is 0 Å². The summed E-state index contributed by atoms with van der Waals surface area (Å²) in [6, 6.07) is -0.0859. The Morgan fingerprint density at radius 2 is 2.38 bits per heavy atom. The molecule has 1 N–H and O–H groups in total. The molecule has 1 fully saturated rings. The third kappa shape index (κ3) is 3.95. The predicted octanol–water partition coefficient (Wildman–Crippen LogP) is 2.98. The molecule has 2 heterocycles. The number of carbonyl (C=O) groups is 1. The van der Waals surface area contributed by atoms with Crippen LogP contribution in [0.4, 0.5) is 4.79 Å². The van der Waals surface area contributed by atoms with Crippen LogP contribution in [0.1, 0.15) is 50.0 Å². The number of nitrogens with one attached hydrogen (secondary N) is 1. The first-order valence-corrected chi connectivity index (χ1v) is 8.43. The van der Waals surface area contributed by atoms with Crippen molar-refractivity contribution in [1.29, 1.82) is 0 Å². The highest BCUT2D eigenvalue weighted by Crippen LogP contribution is 2.23. The Morgan fingerprint density at radius 3 is 3.00 bits per heavy atom. The van der Waals surface area contributed by atoms with Crippen LogP contribution >= 0.6 is 11.3 Å². The summed E-state index contributed by atoms with van der Waals surface area (Å²) < 4.78 is 5.77. The molecule has 21 heavy (non-hydrogen) atoms. The molecular formula is C15H25N3O2S. The van der Waals surface area contributed by atoms with Gasteiger partial charge in [0.1, 0.15) is 5.01 Å². The normalized spacial score (nSPS) is 23.9. The zero-order valence-electron chi connectivity index (χ0n) is 13.3.